The minimum atomic E-state index is -0.197. The summed E-state index contributed by atoms with van der Waals surface area (Å²) in [5.41, 5.74) is 4.93. The number of ether oxygens (including phenoxy) is 2. The van der Waals surface area contributed by atoms with Crippen molar-refractivity contribution in [2.24, 2.45) is 0 Å². The zero-order valence-corrected chi connectivity index (χ0v) is 18.6. The molecule has 0 bridgehead atoms. The van der Waals surface area contributed by atoms with E-state index in [-0.39, 0.29) is 11.6 Å². The molecule has 28 heavy (non-hydrogen) atoms. The number of nitrogens with zero attached hydrogens (tertiary/aromatic N) is 3. The normalized spacial score (nSPS) is 16.1. The number of pyridine rings is 1. The van der Waals surface area contributed by atoms with Gasteiger partial charge in [0.25, 0.3) is 5.56 Å². The Balaban J connectivity index is 1.99. The van der Waals surface area contributed by atoms with Crippen LogP contribution in [0.4, 0.5) is 5.69 Å². The van der Waals surface area contributed by atoms with E-state index in [1.807, 2.05) is 11.1 Å². The van der Waals surface area contributed by atoms with Crippen LogP contribution >= 0.6 is 22.6 Å². The molecule has 1 unspecified atom stereocenters. The highest BCUT2D eigenvalue weighted by atomic mass is 127. The molecule has 1 aliphatic heterocycles. The van der Waals surface area contributed by atoms with Crippen molar-refractivity contribution in [3.05, 3.63) is 31.9 Å². The minimum absolute atomic E-state index is 0.00593. The lowest BCUT2D eigenvalue weighted by Gasteiger charge is -2.22. The van der Waals surface area contributed by atoms with Gasteiger partial charge in [-0.2, -0.15) is 0 Å². The van der Waals surface area contributed by atoms with Crippen LogP contribution < -0.4 is 15.7 Å². The maximum Gasteiger partial charge on any atom is 0.276 e. The molecule has 0 amide bonds. The maximum absolute atomic E-state index is 12.8. The first-order valence-corrected chi connectivity index (χ1v) is 10.6. The largest absolute Gasteiger partial charge is 0.477 e. The number of aromatic amines is 1. The van der Waals surface area contributed by atoms with E-state index in [2.05, 4.69) is 51.8 Å². The molecule has 2 N–H and O–H groups in total. The van der Waals surface area contributed by atoms with Crippen molar-refractivity contribution in [2.45, 2.75) is 39.2 Å². The number of rotatable bonds is 9. The number of hydrogen-bond donors (Lipinski definition) is 2. The number of hydrogen-bond acceptors (Lipinski definition) is 7. The first-order valence-electron chi connectivity index (χ1n) is 9.54. The fourth-order valence-corrected chi connectivity index (χ4v) is 3.63. The number of unbranched alkanes of at least 4 members (excludes halogenated alkanes) is 1. The molecule has 0 fully saturated rings. The number of fused-ring (bicyclic) bond motifs is 1. The van der Waals surface area contributed by atoms with Crippen LogP contribution in [-0.4, -0.2) is 46.8 Å². The smallest absolute Gasteiger partial charge is 0.276 e. The van der Waals surface area contributed by atoms with E-state index in [4.69, 9.17) is 14.5 Å². The Morgan fingerprint density at radius 2 is 2.14 bits per heavy atom. The van der Waals surface area contributed by atoms with Gasteiger partial charge in [0, 0.05) is 23.4 Å². The van der Waals surface area contributed by atoms with E-state index in [1.165, 1.54) is 0 Å². The molecule has 1 aliphatic rings. The number of methoxy groups -OCH3 is 1. The zero-order chi connectivity index (χ0) is 20.1. The molecule has 3 heterocycles. The molecule has 9 heteroatoms. The van der Waals surface area contributed by atoms with E-state index < -0.39 is 0 Å². The third kappa shape index (κ3) is 4.47. The summed E-state index contributed by atoms with van der Waals surface area (Å²) < 4.78 is 12.0. The zero-order valence-electron chi connectivity index (χ0n) is 16.4. The fraction of sp³-hybridized carbons (Fsp3) is 0.526. The quantitative estimate of drug-likeness (QED) is 0.404. The van der Waals surface area contributed by atoms with Crippen LogP contribution in [-0.2, 0) is 4.74 Å². The summed E-state index contributed by atoms with van der Waals surface area (Å²) in [6.07, 6.45) is 4.55. The van der Waals surface area contributed by atoms with Crippen LogP contribution in [0.15, 0.2) is 17.1 Å². The summed E-state index contributed by atoms with van der Waals surface area (Å²) in [4.78, 5) is 24.9. The highest BCUT2D eigenvalue weighted by Gasteiger charge is 2.33. The monoisotopic (exact) mass is 499 g/mol. The van der Waals surface area contributed by atoms with Crippen LogP contribution in [0.25, 0.3) is 11.4 Å². The van der Waals surface area contributed by atoms with Gasteiger partial charge in [-0.25, -0.2) is 15.0 Å². The number of anilines is 1. The molecule has 0 saturated carbocycles. The molecule has 0 aromatic carbocycles. The summed E-state index contributed by atoms with van der Waals surface area (Å²) in [5.74, 6) is 0.974. The van der Waals surface area contributed by atoms with Gasteiger partial charge in [0.05, 0.1) is 30.5 Å². The molecule has 3 rings (SSSR count). The molecule has 2 aromatic heterocycles. The molecule has 0 aliphatic carbocycles. The van der Waals surface area contributed by atoms with E-state index >= 15 is 0 Å². The maximum atomic E-state index is 12.8. The molecule has 152 valence electrons. The highest BCUT2D eigenvalue weighted by Crippen LogP contribution is 2.35. The van der Waals surface area contributed by atoms with Crippen molar-refractivity contribution >= 4 is 28.3 Å². The van der Waals surface area contributed by atoms with Crippen molar-refractivity contribution in [3.63, 3.8) is 0 Å². The van der Waals surface area contributed by atoms with Gasteiger partial charge in [-0.1, -0.05) is 20.3 Å². The standard InChI is InChI=1S/C19H26IN5O3/c1-4-6-8-28-19-13(10-12(20)11-21-19)17-22-15-14(5-2)25(7-9-27-3)24-16(15)18(26)23-17/h10-11,14,24H,4-9H2,1-3H3,(H,22,23,26). The summed E-state index contributed by atoms with van der Waals surface area (Å²) in [7, 11) is 1.66. The Labute approximate surface area is 178 Å². The summed E-state index contributed by atoms with van der Waals surface area (Å²) >= 11 is 2.20. The molecule has 0 radical (unpaired) electrons. The van der Waals surface area contributed by atoms with E-state index in [9.17, 15) is 4.79 Å². The average molecular weight is 499 g/mol. The predicted octanol–water partition coefficient (Wildman–Crippen LogP) is 3.36. The van der Waals surface area contributed by atoms with Crippen molar-refractivity contribution < 1.29 is 9.47 Å². The number of aromatic nitrogens is 3. The number of H-pyrrole nitrogens is 1. The lowest BCUT2D eigenvalue weighted by Crippen LogP contribution is -2.31. The topological polar surface area (TPSA) is 92.4 Å². The van der Waals surface area contributed by atoms with Gasteiger partial charge in [0.1, 0.15) is 11.5 Å². The summed E-state index contributed by atoms with van der Waals surface area (Å²) in [5, 5.41) is 2.01. The Hall–Kier alpha value is -1.72. The van der Waals surface area contributed by atoms with Crippen molar-refractivity contribution in [1.29, 1.82) is 0 Å². The summed E-state index contributed by atoms with van der Waals surface area (Å²) in [6.45, 7) is 6.00. The van der Waals surface area contributed by atoms with E-state index in [1.54, 1.807) is 13.3 Å². The van der Waals surface area contributed by atoms with Gasteiger partial charge in [-0.3, -0.25) is 4.79 Å². The Morgan fingerprint density at radius 3 is 2.86 bits per heavy atom. The molecular formula is C19H26IN5O3. The van der Waals surface area contributed by atoms with Crippen LogP contribution in [0.5, 0.6) is 5.88 Å². The van der Waals surface area contributed by atoms with Gasteiger partial charge in [0.15, 0.2) is 0 Å². The van der Waals surface area contributed by atoms with Gasteiger partial charge in [-0.15, -0.1) is 0 Å². The Kier molecular flexibility index (Phi) is 7.24. The summed E-state index contributed by atoms with van der Waals surface area (Å²) in [6, 6.07) is 1.94. The van der Waals surface area contributed by atoms with Crippen LogP contribution in [0.3, 0.4) is 0 Å². The van der Waals surface area contributed by atoms with Crippen molar-refractivity contribution in [1.82, 2.24) is 20.0 Å². The highest BCUT2D eigenvalue weighted by molar-refractivity contribution is 14.1. The lowest BCUT2D eigenvalue weighted by molar-refractivity contribution is 0.142. The van der Waals surface area contributed by atoms with Crippen LogP contribution in [0, 0.1) is 3.57 Å². The third-order valence-corrected chi connectivity index (χ3v) is 5.22. The second-order valence-electron chi connectivity index (χ2n) is 6.61. The predicted molar refractivity (Wildman–Crippen MR) is 116 cm³/mol. The number of hydrazine groups is 1. The van der Waals surface area contributed by atoms with E-state index in [0.29, 0.717) is 42.7 Å². The first kappa shape index (κ1) is 21.0. The van der Waals surface area contributed by atoms with Gasteiger partial charge >= 0.3 is 0 Å². The molecular weight excluding hydrogens is 473 g/mol. The molecule has 8 nitrogen and oxygen atoms in total. The van der Waals surface area contributed by atoms with Crippen molar-refractivity contribution in [2.75, 3.05) is 32.3 Å². The van der Waals surface area contributed by atoms with Crippen LogP contribution in [0.1, 0.15) is 44.8 Å². The average Bonchev–Trinajstić information content (AvgIpc) is 3.05. The van der Waals surface area contributed by atoms with Gasteiger partial charge in [-0.05, 0) is 41.5 Å². The second kappa shape index (κ2) is 9.66. The molecule has 2 aromatic rings. The minimum Gasteiger partial charge on any atom is -0.477 e. The van der Waals surface area contributed by atoms with Crippen molar-refractivity contribution in [3.8, 4) is 17.3 Å². The lowest BCUT2D eigenvalue weighted by atomic mass is 10.1. The molecule has 0 spiro atoms. The Bertz CT molecular complexity index is 873. The number of halogens is 1. The SMILES string of the molecule is CCCCOc1ncc(I)cc1-c1nc2c(c(=O)[nH]1)NN(CCOC)C2CC. The first-order chi connectivity index (χ1) is 13.6. The fourth-order valence-electron chi connectivity index (χ4n) is 3.18. The second-order valence-corrected chi connectivity index (χ2v) is 7.85. The Morgan fingerprint density at radius 1 is 1.32 bits per heavy atom. The van der Waals surface area contributed by atoms with Crippen LogP contribution in [0.2, 0.25) is 0 Å². The van der Waals surface area contributed by atoms with Gasteiger partial charge in [0.2, 0.25) is 5.88 Å². The number of nitrogens with one attached hydrogen (secondary N) is 2. The third-order valence-electron chi connectivity index (χ3n) is 4.63. The molecule has 0 saturated heterocycles. The molecule has 1 atom stereocenters. The van der Waals surface area contributed by atoms with E-state index in [0.717, 1.165) is 28.5 Å². The van der Waals surface area contributed by atoms with Gasteiger partial charge < -0.3 is 19.9 Å².